The van der Waals surface area contributed by atoms with Crippen molar-refractivity contribution in [2.45, 2.75) is 52.7 Å². The fourth-order valence-corrected chi connectivity index (χ4v) is 3.09. The van der Waals surface area contributed by atoms with Crippen LogP contribution in [0.15, 0.2) is 29.3 Å². The maximum absolute atomic E-state index is 11.7. The van der Waals surface area contributed by atoms with Gasteiger partial charge in [0.05, 0.1) is 12.3 Å². The zero-order chi connectivity index (χ0) is 21.2. The number of guanidine groups is 1. The predicted molar refractivity (Wildman–Crippen MR) is 131 cm³/mol. The van der Waals surface area contributed by atoms with E-state index in [9.17, 15) is 13.2 Å². The molecular weight excluding hydrogens is 505 g/mol. The van der Waals surface area contributed by atoms with Gasteiger partial charge in [-0.05, 0) is 51.8 Å². The van der Waals surface area contributed by atoms with Crippen LogP contribution in [0.4, 0.5) is 10.5 Å². The van der Waals surface area contributed by atoms with E-state index in [1.165, 1.54) is 6.26 Å². The Labute approximate surface area is 191 Å². The molecular formula is C19H34IN5O3S. The summed E-state index contributed by atoms with van der Waals surface area (Å²) in [5.41, 5.74) is 1.71. The van der Waals surface area contributed by atoms with Crippen LogP contribution in [-0.2, 0) is 16.4 Å². The Balaban J connectivity index is 0.00000784. The Bertz CT molecular complexity index is 752. The number of nitrogens with one attached hydrogen (secondary N) is 4. The van der Waals surface area contributed by atoms with Gasteiger partial charge in [0.15, 0.2) is 5.96 Å². The lowest BCUT2D eigenvalue weighted by Crippen LogP contribution is -2.42. The number of hydrogen-bond donors (Lipinski definition) is 4. The van der Waals surface area contributed by atoms with E-state index in [2.05, 4.69) is 26.3 Å². The van der Waals surface area contributed by atoms with E-state index in [0.29, 0.717) is 31.2 Å². The van der Waals surface area contributed by atoms with Gasteiger partial charge in [-0.25, -0.2) is 18.2 Å². The largest absolute Gasteiger partial charge is 0.357 e. The highest BCUT2D eigenvalue weighted by Crippen LogP contribution is 2.10. The number of carbonyl (C=O) groups is 1. The molecule has 0 spiro atoms. The van der Waals surface area contributed by atoms with Gasteiger partial charge in [-0.1, -0.05) is 12.1 Å². The summed E-state index contributed by atoms with van der Waals surface area (Å²) < 4.78 is 22.6. The summed E-state index contributed by atoms with van der Waals surface area (Å²) in [6, 6.07) is 7.31. The van der Waals surface area contributed by atoms with E-state index in [4.69, 9.17) is 0 Å². The minimum absolute atomic E-state index is 0. The van der Waals surface area contributed by atoms with Crippen molar-refractivity contribution in [1.82, 2.24) is 16.0 Å². The molecule has 166 valence electrons. The van der Waals surface area contributed by atoms with E-state index in [-0.39, 0.29) is 47.8 Å². The van der Waals surface area contributed by atoms with Crippen molar-refractivity contribution < 1.29 is 13.2 Å². The molecule has 4 N–H and O–H groups in total. The number of amides is 2. The third kappa shape index (κ3) is 13.3. The van der Waals surface area contributed by atoms with E-state index < -0.39 is 9.84 Å². The highest BCUT2D eigenvalue weighted by Gasteiger charge is 2.09. The molecule has 0 saturated heterocycles. The molecule has 10 heteroatoms. The van der Waals surface area contributed by atoms with Crippen LogP contribution in [0.5, 0.6) is 0 Å². The van der Waals surface area contributed by atoms with Crippen molar-refractivity contribution >= 4 is 51.5 Å². The first-order valence-electron chi connectivity index (χ1n) is 9.48. The number of anilines is 1. The third-order valence-corrected chi connectivity index (χ3v) is 4.68. The molecule has 0 aromatic heterocycles. The molecule has 0 aliphatic carbocycles. The summed E-state index contributed by atoms with van der Waals surface area (Å²) in [5.74, 6) is 0.779. The second-order valence-electron chi connectivity index (χ2n) is 7.11. The molecule has 0 aliphatic heterocycles. The van der Waals surface area contributed by atoms with Gasteiger partial charge in [0, 0.05) is 30.6 Å². The zero-order valence-corrected chi connectivity index (χ0v) is 20.9. The smallest absolute Gasteiger partial charge is 0.319 e. The second-order valence-corrected chi connectivity index (χ2v) is 9.37. The normalized spacial score (nSPS) is 12.7. The molecule has 1 aromatic carbocycles. The fourth-order valence-electron chi connectivity index (χ4n) is 2.31. The zero-order valence-electron chi connectivity index (χ0n) is 17.8. The van der Waals surface area contributed by atoms with Crippen molar-refractivity contribution in [2.24, 2.45) is 4.99 Å². The molecule has 1 aromatic rings. The lowest BCUT2D eigenvalue weighted by molar-refractivity contribution is 0.250. The van der Waals surface area contributed by atoms with Gasteiger partial charge in [-0.2, -0.15) is 0 Å². The highest BCUT2D eigenvalue weighted by molar-refractivity contribution is 14.0. The molecule has 2 amide bonds. The minimum atomic E-state index is -2.98. The topological polar surface area (TPSA) is 112 Å². The second kappa shape index (κ2) is 13.6. The van der Waals surface area contributed by atoms with Crippen molar-refractivity contribution in [3.63, 3.8) is 0 Å². The van der Waals surface area contributed by atoms with Gasteiger partial charge >= 0.3 is 6.03 Å². The Morgan fingerprint density at radius 3 is 2.24 bits per heavy atom. The van der Waals surface area contributed by atoms with E-state index in [1.54, 1.807) is 0 Å². The summed E-state index contributed by atoms with van der Waals surface area (Å²) >= 11 is 0. The molecule has 29 heavy (non-hydrogen) atoms. The molecule has 1 rings (SSSR count). The van der Waals surface area contributed by atoms with Gasteiger partial charge in [0.2, 0.25) is 0 Å². The van der Waals surface area contributed by atoms with Crippen LogP contribution in [0.1, 0.15) is 39.7 Å². The molecule has 0 aliphatic rings. The number of nitrogens with zero attached hydrogens (tertiary/aromatic N) is 1. The summed E-state index contributed by atoms with van der Waals surface area (Å²) in [5, 5.41) is 11.9. The van der Waals surface area contributed by atoms with Gasteiger partial charge in [0.25, 0.3) is 0 Å². The molecule has 0 heterocycles. The summed E-state index contributed by atoms with van der Waals surface area (Å²) in [4.78, 5) is 16.3. The molecule has 8 nitrogen and oxygen atoms in total. The first-order valence-corrected chi connectivity index (χ1v) is 11.5. The van der Waals surface area contributed by atoms with Gasteiger partial charge in [-0.15, -0.1) is 24.0 Å². The molecule has 0 saturated carbocycles. The van der Waals surface area contributed by atoms with Crippen LogP contribution in [0.3, 0.4) is 0 Å². The maximum atomic E-state index is 11.7. The number of rotatable bonds is 9. The van der Waals surface area contributed by atoms with Crippen LogP contribution in [0.2, 0.25) is 0 Å². The maximum Gasteiger partial charge on any atom is 0.319 e. The average molecular weight is 539 g/mol. The van der Waals surface area contributed by atoms with Crippen LogP contribution in [0, 0.1) is 0 Å². The van der Waals surface area contributed by atoms with Crippen molar-refractivity contribution in [2.75, 3.05) is 23.9 Å². The van der Waals surface area contributed by atoms with Crippen molar-refractivity contribution in [1.29, 1.82) is 0 Å². The van der Waals surface area contributed by atoms with E-state index in [1.807, 2.05) is 52.0 Å². The lowest BCUT2D eigenvalue weighted by atomic mass is 10.2. The van der Waals surface area contributed by atoms with Gasteiger partial charge in [-0.3, -0.25) is 0 Å². The molecule has 1 atom stereocenters. The first-order chi connectivity index (χ1) is 13.1. The number of halogens is 1. The quantitative estimate of drug-likeness (QED) is 0.219. The lowest BCUT2D eigenvalue weighted by Gasteiger charge is -2.17. The fraction of sp³-hybridized carbons (Fsp3) is 0.579. The predicted octanol–water partition coefficient (Wildman–Crippen LogP) is 2.71. The molecule has 1 unspecified atom stereocenters. The number of urea groups is 1. The van der Waals surface area contributed by atoms with Crippen LogP contribution >= 0.6 is 24.0 Å². The average Bonchev–Trinajstić information content (AvgIpc) is 2.58. The third-order valence-electron chi connectivity index (χ3n) is 3.70. The molecule has 0 fully saturated rings. The van der Waals surface area contributed by atoms with Crippen LogP contribution < -0.4 is 21.3 Å². The molecule has 0 bridgehead atoms. The minimum Gasteiger partial charge on any atom is -0.357 e. The SMILES string of the molecule is CCNC(=NCc1ccc(NC(=O)NC(C)C)cc1)NC(C)CCS(C)(=O)=O.I. The van der Waals surface area contributed by atoms with E-state index in [0.717, 1.165) is 5.56 Å². The highest BCUT2D eigenvalue weighted by atomic mass is 127. The Hall–Kier alpha value is -1.56. The number of benzene rings is 1. The number of aliphatic imine (C=N–C) groups is 1. The number of hydrogen-bond acceptors (Lipinski definition) is 4. The Morgan fingerprint density at radius 1 is 1.10 bits per heavy atom. The van der Waals surface area contributed by atoms with Crippen LogP contribution in [-0.4, -0.2) is 51.0 Å². The Morgan fingerprint density at radius 2 is 1.72 bits per heavy atom. The van der Waals surface area contributed by atoms with Crippen molar-refractivity contribution in [3.8, 4) is 0 Å². The first kappa shape index (κ1) is 27.4. The summed E-state index contributed by atoms with van der Waals surface area (Å²) in [7, 11) is -2.98. The summed E-state index contributed by atoms with van der Waals surface area (Å²) in [6.07, 6.45) is 1.76. The van der Waals surface area contributed by atoms with Gasteiger partial charge in [0.1, 0.15) is 9.84 Å². The molecule has 0 radical (unpaired) electrons. The number of carbonyl (C=O) groups excluding carboxylic acids is 1. The van der Waals surface area contributed by atoms with Crippen molar-refractivity contribution in [3.05, 3.63) is 29.8 Å². The standard InChI is InChI=1S/C19H33N5O3S.HI/c1-6-20-18(23-15(4)11-12-28(5,26)27)21-13-16-7-9-17(10-8-16)24-19(25)22-14(2)3;/h7-10,14-15H,6,11-13H2,1-5H3,(H2,20,21,23)(H2,22,24,25);1H. The van der Waals surface area contributed by atoms with E-state index >= 15 is 0 Å². The van der Waals surface area contributed by atoms with Gasteiger partial charge < -0.3 is 21.3 Å². The Kier molecular flexibility index (Phi) is 12.9. The van der Waals surface area contributed by atoms with Crippen LogP contribution in [0.25, 0.3) is 0 Å². The monoisotopic (exact) mass is 539 g/mol. The number of sulfone groups is 1. The summed E-state index contributed by atoms with van der Waals surface area (Å²) in [6.45, 7) is 8.88.